The molecular formula is C14H15BrN2O3S. The minimum absolute atomic E-state index is 0.0356. The van der Waals surface area contributed by atoms with E-state index in [1.54, 1.807) is 30.5 Å². The van der Waals surface area contributed by atoms with Crippen LogP contribution in [0.25, 0.3) is 0 Å². The van der Waals surface area contributed by atoms with Gasteiger partial charge in [-0.1, -0.05) is 0 Å². The first-order chi connectivity index (χ1) is 9.98. The lowest BCUT2D eigenvalue weighted by Gasteiger charge is -2.21. The number of benzene rings is 1. The van der Waals surface area contributed by atoms with E-state index in [1.807, 2.05) is 0 Å². The standard InChI is InChI=1S/C14H15BrN2O3S/c15-13-6-3-10(16)8-14(13)21(18,19)17(11-4-5-11)9-12-2-1-7-20-12/h1-3,6-8,11H,4-5,9,16H2. The number of nitrogens with zero attached hydrogens (tertiary/aromatic N) is 1. The van der Waals surface area contributed by atoms with Gasteiger partial charge in [-0.3, -0.25) is 0 Å². The van der Waals surface area contributed by atoms with Crippen LogP contribution < -0.4 is 5.73 Å². The summed E-state index contributed by atoms with van der Waals surface area (Å²) < 4.78 is 33.1. The Balaban J connectivity index is 1.99. The fourth-order valence-electron chi connectivity index (χ4n) is 2.17. The molecule has 1 saturated carbocycles. The molecule has 0 bridgehead atoms. The molecule has 2 N–H and O–H groups in total. The Morgan fingerprint density at radius 1 is 1.33 bits per heavy atom. The van der Waals surface area contributed by atoms with E-state index in [-0.39, 0.29) is 17.5 Å². The van der Waals surface area contributed by atoms with Crippen LogP contribution in [0, 0.1) is 0 Å². The normalized spacial score (nSPS) is 15.5. The summed E-state index contributed by atoms with van der Waals surface area (Å²) in [6, 6.07) is 8.37. The Morgan fingerprint density at radius 2 is 2.10 bits per heavy atom. The van der Waals surface area contributed by atoms with Gasteiger partial charge in [-0.2, -0.15) is 4.31 Å². The number of halogens is 1. The van der Waals surface area contributed by atoms with Crippen molar-refractivity contribution in [2.45, 2.75) is 30.3 Å². The number of anilines is 1. The first-order valence-corrected chi connectivity index (χ1v) is 8.81. The van der Waals surface area contributed by atoms with Crippen molar-refractivity contribution in [1.29, 1.82) is 0 Å². The molecule has 1 heterocycles. The Morgan fingerprint density at radius 3 is 2.71 bits per heavy atom. The molecular weight excluding hydrogens is 356 g/mol. The zero-order chi connectivity index (χ0) is 15.0. The summed E-state index contributed by atoms with van der Waals surface area (Å²) in [5.41, 5.74) is 6.15. The third-order valence-electron chi connectivity index (χ3n) is 3.39. The maximum Gasteiger partial charge on any atom is 0.244 e. The van der Waals surface area contributed by atoms with Gasteiger partial charge in [0.2, 0.25) is 10.0 Å². The van der Waals surface area contributed by atoms with E-state index in [0.717, 1.165) is 12.8 Å². The van der Waals surface area contributed by atoms with Crippen LogP contribution in [0.1, 0.15) is 18.6 Å². The maximum absolute atomic E-state index is 12.9. The highest BCUT2D eigenvalue weighted by atomic mass is 79.9. The molecule has 0 saturated heterocycles. The first-order valence-electron chi connectivity index (χ1n) is 6.58. The average Bonchev–Trinajstić information content (AvgIpc) is 3.14. The number of nitrogens with two attached hydrogens (primary N) is 1. The number of nitrogen functional groups attached to an aromatic ring is 1. The van der Waals surface area contributed by atoms with Crippen molar-refractivity contribution in [3.8, 4) is 0 Å². The monoisotopic (exact) mass is 370 g/mol. The predicted molar refractivity (Wildman–Crippen MR) is 83.0 cm³/mol. The topological polar surface area (TPSA) is 76.5 Å². The predicted octanol–water partition coefficient (Wildman–Crippen LogP) is 2.98. The molecule has 0 spiro atoms. The van der Waals surface area contributed by atoms with Crippen LogP contribution in [0.4, 0.5) is 5.69 Å². The summed E-state index contributed by atoms with van der Waals surface area (Å²) in [6.07, 6.45) is 3.29. The number of hydrogen-bond donors (Lipinski definition) is 1. The minimum atomic E-state index is -3.62. The van der Waals surface area contributed by atoms with Gasteiger partial charge in [-0.25, -0.2) is 8.42 Å². The van der Waals surface area contributed by atoms with Crippen LogP contribution in [-0.2, 0) is 16.6 Å². The van der Waals surface area contributed by atoms with Gasteiger partial charge in [0.15, 0.2) is 0 Å². The third kappa shape index (κ3) is 3.00. The van der Waals surface area contributed by atoms with Gasteiger partial charge in [-0.15, -0.1) is 0 Å². The van der Waals surface area contributed by atoms with Gasteiger partial charge in [0, 0.05) is 16.2 Å². The summed E-state index contributed by atoms with van der Waals surface area (Å²) in [4.78, 5) is 0.195. The van der Waals surface area contributed by atoms with E-state index in [0.29, 0.717) is 15.9 Å². The van der Waals surface area contributed by atoms with Gasteiger partial charge >= 0.3 is 0 Å². The summed E-state index contributed by atoms with van der Waals surface area (Å²) in [5, 5.41) is 0. The Hall–Kier alpha value is -1.31. The molecule has 0 aliphatic heterocycles. The van der Waals surface area contributed by atoms with Crippen molar-refractivity contribution in [3.63, 3.8) is 0 Å². The van der Waals surface area contributed by atoms with Crippen LogP contribution >= 0.6 is 15.9 Å². The van der Waals surface area contributed by atoms with E-state index >= 15 is 0 Å². The van der Waals surface area contributed by atoms with Gasteiger partial charge in [0.05, 0.1) is 17.7 Å². The van der Waals surface area contributed by atoms with Crippen LogP contribution in [0.15, 0.2) is 50.4 Å². The molecule has 0 atom stereocenters. The molecule has 112 valence electrons. The van der Waals surface area contributed by atoms with E-state index in [2.05, 4.69) is 15.9 Å². The Bertz CT molecular complexity index is 740. The lowest BCUT2D eigenvalue weighted by atomic mass is 10.3. The molecule has 0 amide bonds. The van der Waals surface area contributed by atoms with E-state index < -0.39 is 10.0 Å². The van der Waals surface area contributed by atoms with E-state index in [4.69, 9.17) is 10.2 Å². The number of furan rings is 1. The lowest BCUT2D eigenvalue weighted by molar-refractivity contribution is 0.356. The fourth-order valence-corrected chi connectivity index (χ4v) is 4.79. The second-order valence-corrected chi connectivity index (χ2v) is 7.76. The van der Waals surface area contributed by atoms with Crippen LogP contribution in [0.3, 0.4) is 0 Å². The van der Waals surface area contributed by atoms with E-state index in [9.17, 15) is 8.42 Å². The SMILES string of the molecule is Nc1ccc(Br)c(S(=O)(=O)N(Cc2ccco2)C2CC2)c1. The molecule has 0 radical (unpaired) electrons. The van der Waals surface area contributed by atoms with Crippen LogP contribution in [0.2, 0.25) is 0 Å². The van der Waals surface area contributed by atoms with Crippen molar-refractivity contribution >= 4 is 31.6 Å². The molecule has 1 fully saturated rings. The molecule has 1 aromatic heterocycles. The molecule has 0 unspecified atom stereocenters. The highest BCUT2D eigenvalue weighted by Gasteiger charge is 2.39. The summed E-state index contributed by atoms with van der Waals surface area (Å²) in [5.74, 6) is 0.630. The van der Waals surface area contributed by atoms with Crippen molar-refractivity contribution < 1.29 is 12.8 Å². The van der Waals surface area contributed by atoms with Crippen LogP contribution in [0.5, 0.6) is 0 Å². The molecule has 7 heteroatoms. The van der Waals surface area contributed by atoms with Crippen LogP contribution in [-0.4, -0.2) is 18.8 Å². The van der Waals surface area contributed by atoms with Gasteiger partial charge < -0.3 is 10.2 Å². The minimum Gasteiger partial charge on any atom is -0.468 e. The molecule has 1 aliphatic rings. The highest BCUT2D eigenvalue weighted by molar-refractivity contribution is 9.10. The van der Waals surface area contributed by atoms with Crippen molar-refractivity contribution in [2.24, 2.45) is 0 Å². The summed E-state index contributed by atoms with van der Waals surface area (Å²) in [7, 11) is -3.62. The van der Waals surface area contributed by atoms with Crippen molar-refractivity contribution in [2.75, 3.05) is 5.73 Å². The number of hydrogen-bond acceptors (Lipinski definition) is 4. The Kier molecular flexibility index (Phi) is 3.81. The van der Waals surface area contributed by atoms with Gasteiger partial charge in [0.1, 0.15) is 5.76 Å². The number of rotatable bonds is 5. The highest BCUT2D eigenvalue weighted by Crippen LogP contribution is 2.36. The van der Waals surface area contributed by atoms with E-state index in [1.165, 1.54) is 10.4 Å². The summed E-state index contributed by atoms with van der Waals surface area (Å²) in [6.45, 7) is 0.237. The van der Waals surface area contributed by atoms with Crippen molar-refractivity contribution in [1.82, 2.24) is 4.31 Å². The lowest BCUT2D eigenvalue weighted by Crippen LogP contribution is -2.32. The van der Waals surface area contributed by atoms with Gasteiger partial charge in [0.25, 0.3) is 0 Å². The second kappa shape index (κ2) is 5.47. The van der Waals surface area contributed by atoms with Gasteiger partial charge in [-0.05, 0) is 59.1 Å². The zero-order valence-corrected chi connectivity index (χ0v) is 13.6. The molecule has 21 heavy (non-hydrogen) atoms. The quantitative estimate of drug-likeness (QED) is 0.820. The molecule has 3 rings (SSSR count). The largest absolute Gasteiger partial charge is 0.468 e. The first kappa shape index (κ1) is 14.6. The molecule has 5 nitrogen and oxygen atoms in total. The molecule has 2 aromatic rings. The third-order valence-corrected chi connectivity index (χ3v) is 6.28. The fraction of sp³-hybridized carbons (Fsp3) is 0.286. The zero-order valence-electron chi connectivity index (χ0n) is 11.2. The Labute approximate surface area is 131 Å². The summed E-state index contributed by atoms with van der Waals surface area (Å²) >= 11 is 3.30. The second-order valence-electron chi connectivity index (χ2n) is 5.05. The number of sulfonamides is 1. The smallest absolute Gasteiger partial charge is 0.244 e. The maximum atomic E-state index is 12.9. The van der Waals surface area contributed by atoms with Crippen molar-refractivity contribution in [3.05, 3.63) is 46.8 Å². The molecule has 1 aliphatic carbocycles. The molecule has 1 aromatic carbocycles. The average molecular weight is 371 g/mol.